The maximum atomic E-state index is 13.1. The first kappa shape index (κ1) is 86.6. The number of hydrogen-bond acceptors (Lipinski definition) is 12. The van der Waals surface area contributed by atoms with E-state index < -0.39 is 34.5 Å². The first-order chi connectivity index (χ1) is 57.4. The molecule has 12 N–H and O–H groups in total. The van der Waals surface area contributed by atoms with Gasteiger partial charge in [0.15, 0.2) is 0 Å². The molecule has 1 unspecified atom stereocenters. The summed E-state index contributed by atoms with van der Waals surface area (Å²) >= 11 is 0. The summed E-state index contributed by atoms with van der Waals surface area (Å²) in [6.07, 6.45) is 5.91. The summed E-state index contributed by atoms with van der Waals surface area (Å²) in [6.45, 7) is 41.9. The molecule has 1 atom stereocenters. The minimum Gasteiger partial charge on any atom is -0.508 e. The number of hydrogen-bond donors (Lipinski definition) is 12. The van der Waals surface area contributed by atoms with Gasteiger partial charge in [0.1, 0.15) is 69.0 Å². The Morgan fingerprint density at radius 2 is 0.410 bits per heavy atom. The number of phenols is 12. The van der Waals surface area contributed by atoms with Gasteiger partial charge in [0, 0.05) is 56.8 Å². The highest BCUT2D eigenvalue weighted by Gasteiger charge is 2.50. The van der Waals surface area contributed by atoms with Gasteiger partial charge in [0.05, 0.1) is 0 Å². The van der Waals surface area contributed by atoms with Crippen molar-refractivity contribution in [3.8, 4) is 69.0 Å². The summed E-state index contributed by atoms with van der Waals surface area (Å²) in [7, 11) is 0. The van der Waals surface area contributed by atoms with Crippen molar-refractivity contribution in [2.75, 3.05) is 0 Å². The summed E-state index contributed by atoms with van der Waals surface area (Å²) < 4.78 is 0. The average molecular weight is 1640 g/mol. The zero-order chi connectivity index (χ0) is 88.4. The molecule has 12 nitrogen and oxygen atoms in total. The molecule has 0 saturated heterocycles. The third-order valence-electron chi connectivity index (χ3n) is 29.4. The third-order valence-corrected chi connectivity index (χ3v) is 29.4. The van der Waals surface area contributed by atoms with Crippen molar-refractivity contribution >= 4 is 0 Å². The van der Waals surface area contributed by atoms with Crippen LogP contribution < -0.4 is 0 Å². The number of rotatable bonds is 18. The lowest BCUT2D eigenvalue weighted by Crippen LogP contribution is -2.43. The molecule has 122 heavy (non-hydrogen) atoms. The Bertz CT molecular complexity index is 5840. The summed E-state index contributed by atoms with van der Waals surface area (Å²) in [6, 6.07) is 49.8. The van der Waals surface area contributed by atoms with Gasteiger partial charge >= 0.3 is 0 Å². The van der Waals surface area contributed by atoms with Crippen molar-refractivity contribution in [2.24, 2.45) is 17.3 Å². The van der Waals surface area contributed by atoms with E-state index in [1.807, 2.05) is 186 Å². The van der Waals surface area contributed by atoms with Crippen LogP contribution in [0.5, 0.6) is 69.0 Å². The second-order valence-electron chi connectivity index (χ2n) is 37.7. The molecule has 12 heteroatoms. The highest BCUT2D eigenvalue weighted by molar-refractivity contribution is 5.67. The lowest BCUT2D eigenvalue weighted by Gasteiger charge is -2.52. The molecule has 0 aromatic heterocycles. The van der Waals surface area contributed by atoms with E-state index in [9.17, 15) is 61.3 Å². The van der Waals surface area contributed by atoms with Crippen LogP contribution in [0.1, 0.15) is 284 Å². The van der Waals surface area contributed by atoms with E-state index in [1.165, 1.54) is 0 Å². The predicted molar refractivity (Wildman–Crippen MR) is 490 cm³/mol. The van der Waals surface area contributed by atoms with Gasteiger partial charge in [-0.25, -0.2) is 0 Å². The molecule has 0 aliphatic heterocycles. The van der Waals surface area contributed by atoms with Crippen molar-refractivity contribution < 1.29 is 61.3 Å². The minimum atomic E-state index is -0.757. The molecule has 2 fully saturated rings. The fourth-order valence-electron chi connectivity index (χ4n) is 21.6. The number of benzene rings is 12. The van der Waals surface area contributed by atoms with Gasteiger partial charge in [-0.05, 0) is 421 Å². The van der Waals surface area contributed by atoms with Crippen LogP contribution in [0.15, 0.2) is 152 Å². The van der Waals surface area contributed by atoms with Crippen LogP contribution in [0.4, 0.5) is 0 Å². The van der Waals surface area contributed by atoms with Gasteiger partial charge in [0.2, 0.25) is 0 Å². The van der Waals surface area contributed by atoms with E-state index in [0.29, 0.717) is 115 Å². The highest BCUT2D eigenvalue weighted by Crippen LogP contribution is 2.61. The van der Waals surface area contributed by atoms with Crippen LogP contribution in [-0.2, 0) is 10.8 Å². The fraction of sp³-hybridized carbons (Fsp3) is 0.345. The quantitative estimate of drug-likeness (QED) is 0.0359. The monoisotopic (exact) mass is 1630 g/mol. The predicted octanol–water partition coefficient (Wildman–Crippen LogP) is 25.4. The van der Waals surface area contributed by atoms with Crippen molar-refractivity contribution in [2.45, 2.75) is 231 Å². The Morgan fingerprint density at radius 1 is 0.213 bits per heavy atom. The van der Waals surface area contributed by atoms with Crippen LogP contribution in [0.25, 0.3) is 0 Å². The first-order valence-electron chi connectivity index (χ1n) is 43.2. The molecule has 0 amide bonds. The van der Waals surface area contributed by atoms with Crippen molar-refractivity contribution in [1.82, 2.24) is 0 Å². The van der Waals surface area contributed by atoms with E-state index in [2.05, 4.69) is 62.4 Å². The van der Waals surface area contributed by atoms with E-state index >= 15 is 0 Å². The SMILES string of the molecule is Cc1cc(C(c2cc(C)c(O)cc2C)c2cc(C3(c4cc(C)c(O)c(C(c5cc(C)c(O)cc5C)c5cc(C)c(O)cc5C)c4)CCC(C(C)(C)C4CCC(c5cc(C)c(O)c(C(c6cc(C)c(O)cc6C)c6cc(C)c(O)cc6C)c5)(c5cc(C)c(O)c(C(c6cc(C)c(O)cc6C)c6cc(C)c(O)cc6C)c5)CC4)CC3)cc(C)c2O)ccc1O. The molecule has 0 spiro atoms. The van der Waals surface area contributed by atoms with Crippen molar-refractivity contribution in [1.29, 1.82) is 0 Å². The lowest BCUT2D eigenvalue weighted by atomic mass is 9.52. The molecule has 634 valence electrons. The van der Waals surface area contributed by atoms with Gasteiger partial charge in [-0.2, -0.15) is 0 Å². The maximum Gasteiger partial charge on any atom is 0.122 e. The lowest BCUT2D eigenvalue weighted by molar-refractivity contribution is 0.0364. The Balaban J connectivity index is 0.942. The number of phenolic OH excluding ortho intramolecular Hbond substituents is 12. The molecular formula is C110H122O12. The Kier molecular flexibility index (Phi) is 23.1. The number of aryl methyl sites for hydroxylation is 19. The molecule has 2 saturated carbocycles. The minimum absolute atomic E-state index is 0.138. The van der Waals surface area contributed by atoms with Gasteiger partial charge in [0.25, 0.3) is 0 Å². The Labute approximate surface area is 720 Å². The largest absolute Gasteiger partial charge is 0.508 e. The van der Waals surface area contributed by atoms with Crippen LogP contribution in [0, 0.1) is 149 Å². The van der Waals surface area contributed by atoms with Crippen LogP contribution in [-0.4, -0.2) is 61.3 Å². The number of aromatic hydroxyl groups is 12. The summed E-state index contributed by atoms with van der Waals surface area (Å²) in [5, 5.41) is 142. The average Bonchev–Trinajstić information content (AvgIpc) is 0.725. The summed E-state index contributed by atoms with van der Waals surface area (Å²) in [5.41, 5.74) is 26.2. The third kappa shape index (κ3) is 15.3. The standard InChI is InChI=1S/C110H122O12/c1-55-44-93(112)63(9)37-81(55)100(74-22-23-92(111)62(8)32-74)88-51-77(33-70(16)104(88)119)109(78-34-71(17)105(120)89(52-78)101(82-38-64(10)94(113)45-56(82)2)83-39-65(11)95(114)46-57(83)3)28-24-75(25-29-109)108(20,21)76-26-30-110(31-27-76,79-35-72(18)106(121)90(53-79)102(84-40-66(12)96(115)47-58(84)4)85-41-67(13)97(116)48-59(85)5)80-36-73(19)107(122)91(54-80)103(86-42-68(14)98(117)49-60(86)6)87-43-69(15)99(118)50-61(87)7/h22-23,32-54,75-76,100-103,111-122H,24-31H2,1-21H3. The Morgan fingerprint density at radius 3 is 0.623 bits per heavy atom. The summed E-state index contributed by atoms with van der Waals surface area (Å²) in [5.74, 6) is 0.0261. The molecule has 2 aliphatic rings. The maximum absolute atomic E-state index is 13.1. The van der Waals surface area contributed by atoms with Gasteiger partial charge in [-0.3, -0.25) is 0 Å². The molecule has 14 rings (SSSR count). The molecule has 0 heterocycles. The molecule has 12 aromatic carbocycles. The molecule has 2 aliphatic carbocycles. The van der Waals surface area contributed by atoms with Crippen LogP contribution in [0.2, 0.25) is 0 Å². The molecule has 0 radical (unpaired) electrons. The Hall–Kier alpha value is -11.8. The second-order valence-corrected chi connectivity index (χ2v) is 37.7. The van der Waals surface area contributed by atoms with Crippen molar-refractivity contribution in [3.05, 3.63) is 346 Å². The zero-order valence-corrected chi connectivity index (χ0v) is 74.9. The topological polar surface area (TPSA) is 243 Å². The zero-order valence-electron chi connectivity index (χ0n) is 74.9. The molecule has 12 aromatic rings. The second kappa shape index (κ2) is 32.6. The van der Waals surface area contributed by atoms with E-state index in [0.717, 1.165) is 131 Å². The normalized spacial score (nSPS) is 16.0. The van der Waals surface area contributed by atoms with E-state index in [-0.39, 0.29) is 86.2 Å². The van der Waals surface area contributed by atoms with Gasteiger partial charge in [-0.15, -0.1) is 0 Å². The summed E-state index contributed by atoms with van der Waals surface area (Å²) in [4.78, 5) is 0. The smallest absolute Gasteiger partial charge is 0.122 e. The van der Waals surface area contributed by atoms with Gasteiger partial charge in [-0.1, -0.05) is 117 Å². The van der Waals surface area contributed by atoms with Gasteiger partial charge < -0.3 is 61.3 Å². The first-order valence-corrected chi connectivity index (χ1v) is 43.2. The molecule has 0 bridgehead atoms. The van der Waals surface area contributed by atoms with Crippen LogP contribution >= 0.6 is 0 Å². The van der Waals surface area contributed by atoms with E-state index in [4.69, 9.17) is 0 Å². The molecular weight excluding hydrogens is 1510 g/mol. The van der Waals surface area contributed by atoms with Crippen molar-refractivity contribution in [3.63, 3.8) is 0 Å². The van der Waals surface area contributed by atoms with E-state index in [1.54, 1.807) is 48.5 Å². The fourth-order valence-corrected chi connectivity index (χ4v) is 21.6. The highest BCUT2D eigenvalue weighted by atomic mass is 16.3. The van der Waals surface area contributed by atoms with Crippen LogP contribution in [0.3, 0.4) is 0 Å².